The van der Waals surface area contributed by atoms with Gasteiger partial charge in [-0.3, -0.25) is 9.88 Å². The van der Waals surface area contributed by atoms with E-state index in [0.29, 0.717) is 12.1 Å². The van der Waals surface area contributed by atoms with Crippen molar-refractivity contribution >= 4 is 0 Å². The maximum atomic E-state index is 4.66. The lowest BCUT2D eigenvalue weighted by Gasteiger charge is -2.34. The Kier molecular flexibility index (Phi) is 5.87. The first-order valence-electron chi connectivity index (χ1n) is 9.50. The number of pyridine rings is 1. The minimum Gasteiger partial charge on any atom is -0.307 e. The molecule has 0 radical (unpaired) electrons. The Labute approximate surface area is 152 Å². The van der Waals surface area contributed by atoms with E-state index in [1.807, 2.05) is 0 Å². The fourth-order valence-electron chi connectivity index (χ4n) is 4.22. The summed E-state index contributed by atoms with van der Waals surface area (Å²) in [6, 6.07) is 14.0. The van der Waals surface area contributed by atoms with Gasteiger partial charge in [-0.1, -0.05) is 30.3 Å². The number of aryl methyl sites for hydroxylation is 3. The molecule has 1 aliphatic heterocycles. The minimum atomic E-state index is 0.360. The lowest BCUT2D eigenvalue weighted by Crippen LogP contribution is -2.43. The van der Waals surface area contributed by atoms with Crippen molar-refractivity contribution in [2.45, 2.75) is 59.2 Å². The summed E-state index contributed by atoms with van der Waals surface area (Å²) in [5.41, 5.74) is 6.42. The van der Waals surface area contributed by atoms with Crippen LogP contribution in [0.2, 0.25) is 0 Å². The molecule has 1 atom stereocenters. The average molecular weight is 338 g/mol. The van der Waals surface area contributed by atoms with E-state index >= 15 is 0 Å². The summed E-state index contributed by atoms with van der Waals surface area (Å²) in [4.78, 5) is 7.23. The molecule has 0 amide bonds. The second kappa shape index (κ2) is 8.11. The van der Waals surface area contributed by atoms with Crippen molar-refractivity contribution in [2.75, 3.05) is 13.1 Å². The van der Waals surface area contributed by atoms with Gasteiger partial charge in [0, 0.05) is 30.0 Å². The molecule has 2 aromatic rings. The standard InChI is InChI=1S/C22H31N3/c1-16-14-17(2)23-18(3)22(16)19(4)24-21-10-12-25(13-11-21)15-20-8-6-5-7-9-20/h5-9,14,19,21,24H,10-13,15H2,1-4H3. The van der Waals surface area contributed by atoms with Crippen LogP contribution in [0.25, 0.3) is 0 Å². The van der Waals surface area contributed by atoms with Crippen LogP contribution in [0, 0.1) is 20.8 Å². The zero-order valence-corrected chi connectivity index (χ0v) is 16.0. The van der Waals surface area contributed by atoms with E-state index in [1.54, 1.807) is 0 Å². The first-order valence-corrected chi connectivity index (χ1v) is 9.50. The van der Waals surface area contributed by atoms with Crippen molar-refractivity contribution in [3.63, 3.8) is 0 Å². The summed E-state index contributed by atoms with van der Waals surface area (Å²) in [6.07, 6.45) is 2.43. The van der Waals surface area contributed by atoms with Crippen LogP contribution < -0.4 is 5.32 Å². The zero-order valence-electron chi connectivity index (χ0n) is 16.0. The SMILES string of the molecule is Cc1cc(C)c(C(C)NC2CCN(Cc3ccccc3)CC2)c(C)n1. The highest BCUT2D eigenvalue weighted by Crippen LogP contribution is 2.23. The van der Waals surface area contributed by atoms with E-state index < -0.39 is 0 Å². The number of benzene rings is 1. The van der Waals surface area contributed by atoms with Gasteiger partial charge in [0.2, 0.25) is 0 Å². The van der Waals surface area contributed by atoms with Crippen molar-refractivity contribution in [2.24, 2.45) is 0 Å². The second-order valence-electron chi connectivity index (χ2n) is 7.50. The van der Waals surface area contributed by atoms with Crippen LogP contribution in [0.15, 0.2) is 36.4 Å². The van der Waals surface area contributed by atoms with Gasteiger partial charge in [-0.15, -0.1) is 0 Å². The van der Waals surface area contributed by atoms with Gasteiger partial charge >= 0.3 is 0 Å². The van der Waals surface area contributed by atoms with Gasteiger partial charge in [-0.25, -0.2) is 0 Å². The summed E-state index contributed by atoms with van der Waals surface area (Å²) >= 11 is 0. The van der Waals surface area contributed by atoms with Crippen molar-refractivity contribution in [1.29, 1.82) is 0 Å². The van der Waals surface area contributed by atoms with Gasteiger partial charge in [-0.05, 0) is 76.4 Å². The molecule has 2 heterocycles. The van der Waals surface area contributed by atoms with Gasteiger partial charge < -0.3 is 5.32 Å². The van der Waals surface area contributed by atoms with E-state index in [-0.39, 0.29) is 0 Å². The number of piperidine rings is 1. The normalized spacial score (nSPS) is 17.6. The smallest absolute Gasteiger partial charge is 0.0426 e. The van der Waals surface area contributed by atoms with Gasteiger partial charge in [0.05, 0.1) is 0 Å². The van der Waals surface area contributed by atoms with E-state index in [2.05, 4.69) is 79.3 Å². The lowest BCUT2D eigenvalue weighted by molar-refractivity contribution is 0.185. The molecule has 3 heteroatoms. The molecule has 134 valence electrons. The fraction of sp³-hybridized carbons (Fsp3) is 0.500. The monoisotopic (exact) mass is 337 g/mol. The predicted molar refractivity (Wildman–Crippen MR) is 105 cm³/mol. The molecule has 3 rings (SSSR count). The first kappa shape index (κ1) is 18.1. The van der Waals surface area contributed by atoms with Crippen molar-refractivity contribution in [1.82, 2.24) is 15.2 Å². The summed E-state index contributed by atoms with van der Waals surface area (Å²) in [5.74, 6) is 0. The molecule has 1 aliphatic rings. The van der Waals surface area contributed by atoms with E-state index in [0.717, 1.165) is 12.2 Å². The predicted octanol–water partition coefficient (Wildman–Crippen LogP) is 4.32. The molecule has 1 fully saturated rings. The van der Waals surface area contributed by atoms with Crippen molar-refractivity contribution < 1.29 is 0 Å². The fourth-order valence-corrected chi connectivity index (χ4v) is 4.22. The van der Waals surface area contributed by atoms with E-state index in [9.17, 15) is 0 Å². The number of rotatable bonds is 5. The van der Waals surface area contributed by atoms with Crippen LogP contribution in [0.1, 0.15) is 53.9 Å². The summed E-state index contributed by atoms with van der Waals surface area (Å²) in [7, 11) is 0. The Morgan fingerprint density at radius 2 is 1.80 bits per heavy atom. The molecule has 0 aliphatic carbocycles. The number of hydrogen-bond acceptors (Lipinski definition) is 3. The number of hydrogen-bond donors (Lipinski definition) is 1. The molecule has 1 unspecified atom stereocenters. The van der Waals surface area contributed by atoms with Crippen LogP contribution in [0.3, 0.4) is 0 Å². The molecular weight excluding hydrogens is 306 g/mol. The minimum absolute atomic E-state index is 0.360. The molecule has 1 aromatic carbocycles. The van der Waals surface area contributed by atoms with Crippen LogP contribution in [-0.2, 0) is 6.54 Å². The molecule has 0 bridgehead atoms. The maximum Gasteiger partial charge on any atom is 0.0426 e. The van der Waals surface area contributed by atoms with E-state index in [1.165, 1.54) is 48.3 Å². The quantitative estimate of drug-likeness (QED) is 0.880. The number of aromatic nitrogens is 1. The number of nitrogens with one attached hydrogen (secondary N) is 1. The number of nitrogens with zero attached hydrogens (tertiary/aromatic N) is 2. The average Bonchev–Trinajstić information content (AvgIpc) is 2.56. The summed E-state index contributed by atoms with van der Waals surface area (Å²) in [5, 5.41) is 3.85. The topological polar surface area (TPSA) is 28.2 Å². The molecule has 3 nitrogen and oxygen atoms in total. The van der Waals surface area contributed by atoms with Gasteiger partial charge in [0.25, 0.3) is 0 Å². The zero-order chi connectivity index (χ0) is 17.8. The maximum absolute atomic E-state index is 4.66. The van der Waals surface area contributed by atoms with Crippen molar-refractivity contribution in [3.8, 4) is 0 Å². The highest BCUT2D eigenvalue weighted by Gasteiger charge is 2.22. The van der Waals surface area contributed by atoms with Gasteiger partial charge in [-0.2, -0.15) is 0 Å². The van der Waals surface area contributed by atoms with Crippen LogP contribution >= 0.6 is 0 Å². The third-order valence-corrected chi connectivity index (χ3v) is 5.34. The van der Waals surface area contributed by atoms with Crippen molar-refractivity contribution in [3.05, 3.63) is 64.5 Å². The highest BCUT2D eigenvalue weighted by atomic mass is 15.1. The Bertz CT molecular complexity index is 665. The Balaban J connectivity index is 1.54. The van der Waals surface area contributed by atoms with E-state index in [4.69, 9.17) is 0 Å². The highest BCUT2D eigenvalue weighted by molar-refractivity contribution is 5.33. The first-order chi connectivity index (χ1) is 12.0. The molecule has 0 spiro atoms. The molecule has 0 saturated carbocycles. The third kappa shape index (κ3) is 4.68. The largest absolute Gasteiger partial charge is 0.307 e. The molecule has 1 saturated heterocycles. The molecule has 1 aromatic heterocycles. The van der Waals surface area contributed by atoms with Gasteiger partial charge in [0.1, 0.15) is 0 Å². The second-order valence-corrected chi connectivity index (χ2v) is 7.50. The molecule has 1 N–H and O–H groups in total. The van der Waals surface area contributed by atoms with Crippen LogP contribution in [0.5, 0.6) is 0 Å². The molecule has 25 heavy (non-hydrogen) atoms. The third-order valence-electron chi connectivity index (χ3n) is 5.34. The Morgan fingerprint density at radius 1 is 1.12 bits per heavy atom. The molecular formula is C22H31N3. The van der Waals surface area contributed by atoms with Crippen LogP contribution in [-0.4, -0.2) is 29.0 Å². The van der Waals surface area contributed by atoms with Crippen LogP contribution in [0.4, 0.5) is 0 Å². The Morgan fingerprint density at radius 3 is 2.44 bits per heavy atom. The lowest BCUT2D eigenvalue weighted by atomic mass is 9.97. The Hall–Kier alpha value is -1.71. The summed E-state index contributed by atoms with van der Waals surface area (Å²) in [6.45, 7) is 12.1. The number of likely N-dealkylation sites (tertiary alicyclic amines) is 1. The van der Waals surface area contributed by atoms with Gasteiger partial charge in [0.15, 0.2) is 0 Å². The summed E-state index contributed by atoms with van der Waals surface area (Å²) < 4.78 is 0.